The van der Waals surface area contributed by atoms with Crippen molar-refractivity contribution in [2.75, 3.05) is 0 Å². The van der Waals surface area contributed by atoms with E-state index < -0.39 is 0 Å². The Bertz CT molecular complexity index is 540. The van der Waals surface area contributed by atoms with Crippen LogP contribution in [-0.4, -0.2) is 4.98 Å². The van der Waals surface area contributed by atoms with Gasteiger partial charge in [0, 0.05) is 11.3 Å². The summed E-state index contributed by atoms with van der Waals surface area (Å²) >= 11 is 6.03. The molecule has 0 aliphatic heterocycles. The first-order valence-electron chi connectivity index (χ1n) is 6.46. The summed E-state index contributed by atoms with van der Waals surface area (Å²) < 4.78 is 5.84. The zero-order valence-corrected chi connectivity index (χ0v) is 12.1. The van der Waals surface area contributed by atoms with E-state index in [1.54, 1.807) is 0 Å². The van der Waals surface area contributed by atoms with Crippen LogP contribution in [-0.2, 0) is 18.9 Å². The molecule has 2 nitrogen and oxygen atoms in total. The number of rotatable bonds is 5. The number of alkyl halides is 1. The third kappa shape index (κ3) is 3.48. The molecule has 2 aromatic rings. The molecule has 0 saturated heterocycles. The van der Waals surface area contributed by atoms with Gasteiger partial charge >= 0.3 is 0 Å². The van der Waals surface area contributed by atoms with Crippen LogP contribution in [0, 0.1) is 6.92 Å². The van der Waals surface area contributed by atoms with Gasteiger partial charge in [-0.3, -0.25) is 0 Å². The van der Waals surface area contributed by atoms with Crippen LogP contribution in [0.4, 0.5) is 0 Å². The van der Waals surface area contributed by atoms with Crippen molar-refractivity contribution >= 4 is 11.6 Å². The molecule has 0 amide bonds. The maximum atomic E-state index is 6.03. The fourth-order valence-corrected chi connectivity index (χ4v) is 2.33. The zero-order chi connectivity index (χ0) is 13.7. The van der Waals surface area contributed by atoms with Gasteiger partial charge in [0.25, 0.3) is 0 Å². The summed E-state index contributed by atoms with van der Waals surface area (Å²) in [6, 6.07) is 12.2. The molecule has 1 aromatic carbocycles. The Kier molecular flexibility index (Phi) is 4.80. The Morgan fingerprint density at radius 3 is 2.58 bits per heavy atom. The number of aromatic nitrogens is 1. The van der Waals surface area contributed by atoms with Gasteiger partial charge in [-0.1, -0.05) is 37.3 Å². The first kappa shape index (κ1) is 13.9. The molecular formula is C16H18ClNO. The Morgan fingerprint density at radius 2 is 1.95 bits per heavy atom. The van der Waals surface area contributed by atoms with Gasteiger partial charge in [0.05, 0.1) is 5.88 Å². The average Bonchev–Trinajstić information content (AvgIpc) is 2.45. The van der Waals surface area contributed by atoms with Crippen molar-refractivity contribution in [2.45, 2.75) is 32.8 Å². The molecule has 3 heteroatoms. The topological polar surface area (TPSA) is 22.1 Å². The highest BCUT2D eigenvalue weighted by atomic mass is 35.5. The van der Waals surface area contributed by atoms with Crippen molar-refractivity contribution in [1.82, 2.24) is 4.98 Å². The molecule has 0 saturated carbocycles. The van der Waals surface area contributed by atoms with E-state index in [-0.39, 0.29) is 0 Å². The number of hydrogen-bond donors (Lipinski definition) is 0. The number of halogens is 1. The third-order valence-corrected chi connectivity index (χ3v) is 3.31. The molecule has 0 radical (unpaired) electrons. The van der Waals surface area contributed by atoms with Crippen LogP contribution < -0.4 is 4.74 Å². The number of aryl methyl sites for hydroxylation is 2. The van der Waals surface area contributed by atoms with E-state index in [2.05, 4.69) is 18.0 Å². The molecule has 2 rings (SSSR count). The van der Waals surface area contributed by atoms with Crippen molar-refractivity contribution < 1.29 is 4.74 Å². The van der Waals surface area contributed by atoms with E-state index in [9.17, 15) is 0 Å². The lowest BCUT2D eigenvalue weighted by molar-refractivity contribution is 0.290. The molecule has 19 heavy (non-hydrogen) atoms. The van der Waals surface area contributed by atoms with Crippen LogP contribution in [0.25, 0.3) is 0 Å². The molecule has 0 atom stereocenters. The molecule has 1 aromatic heterocycles. The summed E-state index contributed by atoms with van der Waals surface area (Å²) in [5.74, 6) is 1.09. The third-order valence-electron chi connectivity index (χ3n) is 3.04. The minimum absolute atomic E-state index is 0.431. The van der Waals surface area contributed by atoms with Crippen molar-refractivity contribution in [3.8, 4) is 5.88 Å². The van der Waals surface area contributed by atoms with E-state index >= 15 is 0 Å². The van der Waals surface area contributed by atoms with E-state index in [1.165, 1.54) is 5.56 Å². The smallest absolute Gasteiger partial charge is 0.218 e. The lowest BCUT2D eigenvalue weighted by Crippen LogP contribution is -2.04. The van der Waals surface area contributed by atoms with E-state index in [1.807, 2.05) is 37.3 Å². The van der Waals surface area contributed by atoms with Crippen LogP contribution in [0.5, 0.6) is 5.88 Å². The van der Waals surface area contributed by atoms with E-state index in [0.717, 1.165) is 23.2 Å². The van der Waals surface area contributed by atoms with Gasteiger partial charge < -0.3 is 4.74 Å². The largest absolute Gasteiger partial charge is 0.473 e. The summed E-state index contributed by atoms with van der Waals surface area (Å²) in [7, 11) is 0. The second-order valence-electron chi connectivity index (χ2n) is 4.47. The predicted octanol–water partition coefficient (Wildman–Crippen LogP) is 4.27. The summed E-state index contributed by atoms with van der Waals surface area (Å²) in [4.78, 5) is 4.46. The van der Waals surface area contributed by atoms with Crippen LogP contribution >= 0.6 is 11.6 Å². The average molecular weight is 276 g/mol. The van der Waals surface area contributed by atoms with Crippen molar-refractivity contribution in [3.05, 3.63) is 58.8 Å². The van der Waals surface area contributed by atoms with Crippen LogP contribution in [0.2, 0.25) is 0 Å². The zero-order valence-electron chi connectivity index (χ0n) is 11.3. The lowest BCUT2D eigenvalue weighted by atomic mass is 10.1. The van der Waals surface area contributed by atoms with Gasteiger partial charge in [-0.05, 0) is 30.5 Å². The number of nitrogens with zero attached hydrogens (tertiary/aromatic N) is 1. The number of benzene rings is 1. The first-order valence-corrected chi connectivity index (χ1v) is 7.00. The molecule has 0 unspecified atom stereocenters. The molecule has 0 aliphatic rings. The van der Waals surface area contributed by atoms with Gasteiger partial charge in [0.1, 0.15) is 6.61 Å². The number of hydrogen-bond acceptors (Lipinski definition) is 2. The van der Waals surface area contributed by atoms with Crippen molar-refractivity contribution in [1.29, 1.82) is 0 Å². The molecule has 0 fully saturated rings. The Hall–Kier alpha value is -1.54. The fourth-order valence-electron chi connectivity index (χ4n) is 2.04. The second kappa shape index (κ2) is 6.58. The van der Waals surface area contributed by atoms with E-state index in [4.69, 9.17) is 16.3 Å². The quantitative estimate of drug-likeness (QED) is 0.760. The Labute approximate surface area is 119 Å². The van der Waals surface area contributed by atoms with Crippen molar-refractivity contribution in [3.63, 3.8) is 0 Å². The minimum Gasteiger partial charge on any atom is -0.473 e. The molecule has 1 heterocycles. The first-order chi connectivity index (χ1) is 9.24. The molecule has 100 valence electrons. The van der Waals surface area contributed by atoms with Gasteiger partial charge in [-0.2, -0.15) is 0 Å². The summed E-state index contributed by atoms with van der Waals surface area (Å²) in [5.41, 5.74) is 4.31. The molecular weight excluding hydrogens is 258 g/mol. The highest BCUT2D eigenvalue weighted by molar-refractivity contribution is 6.17. The summed E-state index contributed by atoms with van der Waals surface area (Å²) in [6.07, 6.45) is 0.938. The molecule has 0 N–H and O–H groups in total. The van der Waals surface area contributed by atoms with Gasteiger partial charge in [0.2, 0.25) is 5.88 Å². The maximum absolute atomic E-state index is 6.03. The second-order valence-corrected chi connectivity index (χ2v) is 4.74. The van der Waals surface area contributed by atoms with Crippen molar-refractivity contribution in [2.24, 2.45) is 0 Å². The molecule has 0 bridgehead atoms. The van der Waals surface area contributed by atoms with Gasteiger partial charge in [-0.25, -0.2) is 4.98 Å². The number of ether oxygens (including phenoxy) is 1. The predicted molar refractivity (Wildman–Crippen MR) is 78.7 cm³/mol. The highest BCUT2D eigenvalue weighted by Crippen LogP contribution is 2.24. The highest BCUT2D eigenvalue weighted by Gasteiger charge is 2.11. The minimum atomic E-state index is 0.431. The normalized spacial score (nSPS) is 10.5. The molecule has 0 aliphatic carbocycles. The SMILES string of the molecule is CCc1cc(C)nc(OCc2ccccc2)c1CCl. The standard InChI is InChI=1S/C16H18ClNO/c1-3-14-9-12(2)18-16(15(14)10-17)19-11-13-7-5-4-6-8-13/h4-9H,3,10-11H2,1-2H3. The maximum Gasteiger partial charge on any atom is 0.218 e. The summed E-state index contributed by atoms with van der Waals surface area (Å²) in [6.45, 7) is 4.61. The van der Waals surface area contributed by atoms with E-state index in [0.29, 0.717) is 18.4 Å². The number of pyridine rings is 1. The Balaban J connectivity index is 2.22. The monoisotopic (exact) mass is 275 g/mol. The molecule has 0 spiro atoms. The fraction of sp³-hybridized carbons (Fsp3) is 0.312. The summed E-state index contributed by atoms with van der Waals surface area (Å²) in [5, 5.41) is 0. The van der Waals surface area contributed by atoms with Crippen LogP contribution in [0.1, 0.15) is 29.3 Å². The van der Waals surface area contributed by atoms with Crippen LogP contribution in [0.3, 0.4) is 0 Å². The van der Waals surface area contributed by atoms with Crippen LogP contribution in [0.15, 0.2) is 36.4 Å². The Morgan fingerprint density at radius 1 is 1.21 bits per heavy atom. The van der Waals surface area contributed by atoms with Gasteiger partial charge in [0.15, 0.2) is 0 Å². The lowest BCUT2D eigenvalue weighted by Gasteiger charge is -2.13. The van der Waals surface area contributed by atoms with Gasteiger partial charge in [-0.15, -0.1) is 11.6 Å².